The van der Waals surface area contributed by atoms with Crippen LogP contribution in [0.25, 0.3) is 0 Å². The zero-order chi connectivity index (χ0) is 18.1. The lowest BCUT2D eigenvalue weighted by Gasteiger charge is -2.24. The van der Waals surface area contributed by atoms with Gasteiger partial charge in [-0.1, -0.05) is 92.2 Å². The van der Waals surface area contributed by atoms with E-state index in [1.807, 2.05) is 18.2 Å². The Labute approximate surface area is 153 Å². The molecule has 3 aromatic carbocycles. The van der Waals surface area contributed by atoms with Crippen LogP contribution in [-0.2, 0) is 0 Å². The second kappa shape index (κ2) is 6.92. The van der Waals surface area contributed by atoms with Crippen molar-refractivity contribution in [1.29, 1.82) is 0 Å². The third-order valence-electron chi connectivity index (χ3n) is 5.01. The minimum Gasteiger partial charge on any atom is -0.0628 e. The first-order chi connectivity index (χ1) is 11.9. The lowest BCUT2D eigenvalue weighted by Crippen LogP contribution is -2.56. The van der Waals surface area contributed by atoms with E-state index in [0.29, 0.717) is 0 Å². The Morgan fingerprint density at radius 1 is 0.600 bits per heavy atom. The van der Waals surface area contributed by atoms with Gasteiger partial charge < -0.3 is 0 Å². The predicted octanol–water partition coefficient (Wildman–Crippen LogP) is 3.65. The van der Waals surface area contributed by atoms with Gasteiger partial charge in [-0.05, 0) is 53.7 Å². The third-order valence-corrected chi connectivity index (χ3v) is 5.01. The van der Waals surface area contributed by atoms with Gasteiger partial charge in [0.05, 0.1) is 0 Å². The topological polar surface area (TPSA) is 0 Å². The minimum absolute atomic E-state index is 0.169. The average Bonchev–Trinajstić information content (AvgIpc) is 2.52. The molecule has 0 unspecified atom stereocenters. The van der Waals surface area contributed by atoms with Crippen molar-refractivity contribution in [3.05, 3.63) is 88.0 Å². The Morgan fingerprint density at radius 3 is 1.32 bits per heavy atom. The molecule has 0 N–H and O–H groups in total. The lowest BCUT2D eigenvalue weighted by atomic mass is 9.34. The van der Waals surface area contributed by atoms with Crippen LogP contribution in [0.3, 0.4) is 0 Å². The lowest BCUT2D eigenvalue weighted by molar-refractivity contribution is 1.34. The van der Waals surface area contributed by atoms with E-state index >= 15 is 0 Å². The largest absolute Gasteiger partial charge is 0.244 e. The summed E-state index contributed by atoms with van der Waals surface area (Å²) >= 11 is 0. The molecule has 0 amide bonds. The van der Waals surface area contributed by atoms with Crippen LogP contribution in [0.4, 0.5) is 0 Å². The highest BCUT2D eigenvalue weighted by Gasteiger charge is 2.28. The minimum atomic E-state index is 0.169. The average molecular weight is 324 g/mol. The molecule has 0 bridgehead atoms. The number of benzene rings is 3. The van der Waals surface area contributed by atoms with Gasteiger partial charge in [0.1, 0.15) is 0 Å². The van der Waals surface area contributed by atoms with Gasteiger partial charge in [-0.3, -0.25) is 0 Å². The SMILES string of the molecule is Cc1cc(C)c(B(c2[c]ccc[c]2)c2c(C)cc(C)cc2C)c(C)c1. The van der Waals surface area contributed by atoms with Gasteiger partial charge in [0.15, 0.2) is 0 Å². The van der Waals surface area contributed by atoms with E-state index in [0.717, 1.165) is 5.46 Å². The van der Waals surface area contributed by atoms with Crippen molar-refractivity contribution in [2.24, 2.45) is 0 Å². The van der Waals surface area contributed by atoms with E-state index in [9.17, 15) is 0 Å². The molecule has 0 aliphatic rings. The molecule has 124 valence electrons. The fourth-order valence-electron chi connectivity index (χ4n) is 4.26. The fourth-order valence-corrected chi connectivity index (χ4v) is 4.26. The quantitative estimate of drug-likeness (QED) is 0.645. The van der Waals surface area contributed by atoms with Crippen LogP contribution >= 0.6 is 0 Å². The van der Waals surface area contributed by atoms with Gasteiger partial charge in [0.2, 0.25) is 6.71 Å². The molecule has 0 atom stereocenters. The number of rotatable bonds is 3. The highest BCUT2D eigenvalue weighted by atomic mass is 14.1. The summed E-state index contributed by atoms with van der Waals surface area (Å²) < 4.78 is 0. The second-order valence-electron chi connectivity index (χ2n) is 7.29. The predicted molar refractivity (Wildman–Crippen MR) is 110 cm³/mol. The van der Waals surface area contributed by atoms with Crippen molar-refractivity contribution < 1.29 is 0 Å². The maximum absolute atomic E-state index is 3.45. The Balaban J connectivity index is 2.34. The van der Waals surface area contributed by atoms with Crippen LogP contribution in [0.1, 0.15) is 33.4 Å². The molecule has 0 aliphatic carbocycles. The van der Waals surface area contributed by atoms with Crippen molar-refractivity contribution in [2.75, 3.05) is 0 Å². The molecule has 0 spiro atoms. The molecule has 3 rings (SSSR count). The summed E-state index contributed by atoms with van der Waals surface area (Å²) in [5.41, 5.74) is 11.9. The van der Waals surface area contributed by atoms with Crippen LogP contribution in [0.15, 0.2) is 42.5 Å². The number of hydrogen-bond acceptors (Lipinski definition) is 0. The van der Waals surface area contributed by atoms with Crippen molar-refractivity contribution in [1.82, 2.24) is 0 Å². The maximum atomic E-state index is 3.45. The molecule has 0 saturated carbocycles. The van der Waals surface area contributed by atoms with Gasteiger partial charge >= 0.3 is 0 Å². The molecule has 0 heterocycles. The molecule has 0 saturated heterocycles. The Morgan fingerprint density at radius 2 is 0.960 bits per heavy atom. The van der Waals surface area contributed by atoms with E-state index in [1.165, 1.54) is 44.3 Å². The monoisotopic (exact) mass is 324 g/mol. The van der Waals surface area contributed by atoms with E-state index in [2.05, 4.69) is 77.9 Å². The first-order valence-electron chi connectivity index (χ1n) is 8.92. The highest BCUT2D eigenvalue weighted by Crippen LogP contribution is 2.12. The Bertz CT molecular complexity index is 803. The third kappa shape index (κ3) is 3.42. The summed E-state index contributed by atoms with van der Waals surface area (Å²) in [7, 11) is 0. The zero-order valence-corrected chi connectivity index (χ0v) is 16.1. The van der Waals surface area contributed by atoms with Crippen molar-refractivity contribution in [3.8, 4) is 0 Å². The molecule has 2 radical (unpaired) electrons. The first-order valence-corrected chi connectivity index (χ1v) is 8.92. The van der Waals surface area contributed by atoms with Gasteiger partial charge in [0, 0.05) is 0 Å². The van der Waals surface area contributed by atoms with E-state index in [-0.39, 0.29) is 6.71 Å². The molecule has 0 fully saturated rings. The zero-order valence-electron chi connectivity index (χ0n) is 16.1. The Kier molecular flexibility index (Phi) is 4.86. The molecule has 3 aromatic rings. The summed E-state index contributed by atoms with van der Waals surface area (Å²) in [6, 6.07) is 22.0. The maximum Gasteiger partial charge on any atom is 0.244 e. The van der Waals surface area contributed by atoms with Crippen LogP contribution in [0, 0.1) is 53.7 Å². The van der Waals surface area contributed by atoms with E-state index < -0.39 is 0 Å². The summed E-state index contributed by atoms with van der Waals surface area (Å²) in [6.07, 6.45) is 0. The van der Waals surface area contributed by atoms with E-state index in [4.69, 9.17) is 0 Å². The van der Waals surface area contributed by atoms with Gasteiger partial charge in [0.25, 0.3) is 0 Å². The standard InChI is InChI=1S/C24H25B/c1-16-12-18(3)23(19(4)13-16)25(22-10-8-7-9-11-22)24-20(5)14-17(2)15-21(24)6/h7-9,12-15H,1-6H3. The molecular formula is C24H25B. The fraction of sp³-hybridized carbons (Fsp3) is 0.250. The highest BCUT2D eigenvalue weighted by molar-refractivity contribution is 6.96. The molecule has 1 heteroatoms. The summed E-state index contributed by atoms with van der Waals surface area (Å²) in [5, 5.41) is 0. The van der Waals surface area contributed by atoms with Gasteiger partial charge in [-0.25, -0.2) is 0 Å². The van der Waals surface area contributed by atoms with Gasteiger partial charge in [-0.2, -0.15) is 0 Å². The first kappa shape index (κ1) is 17.5. The van der Waals surface area contributed by atoms with Crippen LogP contribution < -0.4 is 16.4 Å². The Hall–Kier alpha value is -2.28. The molecule has 0 aliphatic heterocycles. The van der Waals surface area contributed by atoms with Crippen LogP contribution in [0.5, 0.6) is 0 Å². The number of hydrogen-bond donors (Lipinski definition) is 0. The second-order valence-corrected chi connectivity index (χ2v) is 7.29. The van der Waals surface area contributed by atoms with Crippen molar-refractivity contribution in [3.63, 3.8) is 0 Å². The van der Waals surface area contributed by atoms with Crippen molar-refractivity contribution >= 4 is 23.1 Å². The van der Waals surface area contributed by atoms with Crippen LogP contribution in [-0.4, -0.2) is 6.71 Å². The molecule has 0 nitrogen and oxygen atoms in total. The summed E-state index contributed by atoms with van der Waals surface area (Å²) in [5.74, 6) is 0. The molecule has 25 heavy (non-hydrogen) atoms. The normalized spacial score (nSPS) is 10.8. The van der Waals surface area contributed by atoms with Crippen LogP contribution in [0.2, 0.25) is 0 Å². The molecular weight excluding hydrogens is 299 g/mol. The smallest absolute Gasteiger partial charge is 0.0628 e. The van der Waals surface area contributed by atoms with Gasteiger partial charge in [-0.15, -0.1) is 0 Å². The van der Waals surface area contributed by atoms with Crippen molar-refractivity contribution in [2.45, 2.75) is 41.5 Å². The summed E-state index contributed by atoms with van der Waals surface area (Å²) in [4.78, 5) is 0. The van der Waals surface area contributed by atoms with E-state index in [1.54, 1.807) is 0 Å². The molecule has 0 aromatic heterocycles. The number of aryl methyl sites for hydroxylation is 6. The summed E-state index contributed by atoms with van der Waals surface area (Å²) in [6.45, 7) is 13.4.